The number of aliphatic hydroxyl groups excluding tert-OH is 2. The highest BCUT2D eigenvalue weighted by Crippen LogP contribution is 2.20. The minimum absolute atomic E-state index is 0.125. The molecule has 0 spiro atoms. The Labute approximate surface area is 63.1 Å². The van der Waals surface area contributed by atoms with E-state index in [0.717, 1.165) is 6.08 Å². The maximum Gasteiger partial charge on any atom is 0.331 e. The third-order valence-corrected chi connectivity index (χ3v) is 1.51. The van der Waals surface area contributed by atoms with Crippen LogP contribution in [0.25, 0.3) is 0 Å². The molecule has 11 heavy (non-hydrogen) atoms. The fourth-order valence-corrected chi connectivity index (χ4v) is 0.870. The lowest BCUT2D eigenvalue weighted by atomic mass is 10.0. The molecular weight excluding hydrogens is 148 g/mol. The summed E-state index contributed by atoms with van der Waals surface area (Å²) in [7, 11) is 0. The van der Waals surface area contributed by atoms with Gasteiger partial charge in [0.25, 0.3) is 0 Å². The van der Waals surface area contributed by atoms with Crippen LogP contribution in [0.1, 0.15) is 12.8 Å². The van der Waals surface area contributed by atoms with Crippen molar-refractivity contribution in [2.24, 2.45) is 0 Å². The maximum atomic E-state index is 10.3. The number of hydrogen-bond donors (Lipinski definition) is 3. The van der Waals surface area contributed by atoms with Gasteiger partial charge in [0.05, 0.1) is 0 Å². The Balaban J connectivity index is 2.89. The van der Waals surface area contributed by atoms with Crippen LogP contribution in [-0.2, 0) is 4.79 Å². The zero-order valence-corrected chi connectivity index (χ0v) is 5.74. The van der Waals surface area contributed by atoms with Gasteiger partial charge in [-0.1, -0.05) is 0 Å². The van der Waals surface area contributed by atoms with Crippen molar-refractivity contribution >= 4 is 5.97 Å². The van der Waals surface area contributed by atoms with Crippen molar-refractivity contribution in [3.8, 4) is 0 Å². The van der Waals surface area contributed by atoms with Gasteiger partial charge >= 0.3 is 5.97 Å². The van der Waals surface area contributed by atoms with Gasteiger partial charge in [-0.2, -0.15) is 0 Å². The number of hydrogen-bond acceptors (Lipinski definition) is 3. The first-order chi connectivity index (χ1) is 5.11. The molecule has 0 aromatic carbocycles. The first-order valence-corrected chi connectivity index (χ1v) is 3.16. The Morgan fingerprint density at radius 2 is 2.00 bits per heavy atom. The van der Waals surface area contributed by atoms with Crippen LogP contribution in [0.4, 0.5) is 0 Å². The summed E-state index contributed by atoms with van der Waals surface area (Å²) in [4.78, 5) is 10.3. The van der Waals surface area contributed by atoms with Crippen molar-refractivity contribution in [1.82, 2.24) is 0 Å². The molecule has 3 N–H and O–H groups in total. The molecule has 4 nitrogen and oxygen atoms in total. The molecule has 0 heterocycles. The Morgan fingerprint density at radius 1 is 1.36 bits per heavy atom. The van der Waals surface area contributed by atoms with Crippen molar-refractivity contribution < 1.29 is 20.1 Å². The standard InChI is InChI=1S/C7H8O4/c8-5-2-1-4(7(10)11)3-6(5)9/h3,8-9H,1-2H2,(H,10,11). The third kappa shape index (κ3) is 1.52. The molecule has 0 saturated carbocycles. The van der Waals surface area contributed by atoms with E-state index in [1.165, 1.54) is 0 Å². The van der Waals surface area contributed by atoms with Gasteiger partial charge in [-0.15, -0.1) is 0 Å². The molecule has 0 bridgehead atoms. The summed E-state index contributed by atoms with van der Waals surface area (Å²) >= 11 is 0. The van der Waals surface area contributed by atoms with Crippen molar-refractivity contribution in [2.45, 2.75) is 12.8 Å². The highest BCUT2D eigenvalue weighted by molar-refractivity contribution is 5.87. The fourth-order valence-electron chi connectivity index (χ4n) is 0.870. The Hall–Kier alpha value is -1.45. The van der Waals surface area contributed by atoms with Crippen molar-refractivity contribution in [2.75, 3.05) is 0 Å². The number of rotatable bonds is 1. The van der Waals surface area contributed by atoms with Crippen LogP contribution >= 0.6 is 0 Å². The quantitative estimate of drug-likeness (QED) is 0.531. The molecule has 60 valence electrons. The number of allylic oxidation sites excluding steroid dienone is 2. The molecule has 1 rings (SSSR count). The van der Waals surface area contributed by atoms with Crippen LogP contribution < -0.4 is 0 Å². The van der Waals surface area contributed by atoms with Gasteiger partial charge in [0, 0.05) is 12.0 Å². The zero-order valence-electron chi connectivity index (χ0n) is 5.74. The van der Waals surface area contributed by atoms with E-state index >= 15 is 0 Å². The van der Waals surface area contributed by atoms with Crippen molar-refractivity contribution in [3.63, 3.8) is 0 Å². The Kier molecular flexibility index (Phi) is 1.85. The maximum absolute atomic E-state index is 10.3. The van der Waals surface area contributed by atoms with Crippen LogP contribution in [0.3, 0.4) is 0 Å². The summed E-state index contributed by atoms with van der Waals surface area (Å²) in [5.41, 5.74) is 0.125. The van der Waals surface area contributed by atoms with Gasteiger partial charge in [-0.05, 0) is 12.5 Å². The lowest BCUT2D eigenvalue weighted by molar-refractivity contribution is -0.132. The summed E-state index contributed by atoms with van der Waals surface area (Å²) in [5, 5.41) is 26.2. The highest BCUT2D eigenvalue weighted by Gasteiger charge is 2.15. The molecule has 0 unspecified atom stereocenters. The van der Waals surface area contributed by atoms with Gasteiger partial charge in [0.15, 0.2) is 5.76 Å². The van der Waals surface area contributed by atoms with E-state index in [9.17, 15) is 4.79 Å². The van der Waals surface area contributed by atoms with Crippen LogP contribution in [0.5, 0.6) is 0 Å². The number of carboxylic acid groups (broad SMARTS) is 1. The summed E-state index contributed by atoms with van der Waals surface area (Å²) in [5.74, 6) is -1.53. The van der Waals surface area contributed by atoms with E-state index in [1.54, 1.807) is 0 Å². The molecule has 0 radical (unpaired) electrons. The smallest absolute Gasteiger partial charge is 0.331 e. The number of carboxylic acids is 1. The van der Waals surface area contributed by atoms with E-state index in [4.69, 9.17) is 15.3 Å². The molecule has 1 aliphatic carbocycles. The second-order valence-corrected chi connectivity index (χ2v) is 2.31. The SMILES string of the molecule is O=C(O)C1=CC(O)=C(O)CC1. The summed E-state index contributed by atoms with van der Waals surface area (Å²) < 4.78 is 0. The average molecular weight is 156 g/mol. The van der Waals surface area contributed by atoms with Crippen LogP contribution in [0, 0.1) is 0 Å². The van der Waals surface area contributed by atoms with Crippen molar-refractivity contribution in [1.29, 1.82) is 0 Å². The largest absolute Gasteiger partial charge is 0.508 e. The van der Waals surface area contributed by atoms with Gasteiger partial charge < -0.3 is 15.3 Å². The van der Waals surface area contributed by atoms with E-state index < -0.39 is 5.97 Å². The van der Waals surface area contributed by atoms with E-state index in [1.807, 2.05) is 0 Å². The van der Waals surface area contributed by atoms with Gasteiger partial charge in [-0.25, -0.2) is 4.79 Å². The summed E-state index contributed by atoms with van der Waals surface area (Å²) in [6.45, 7) is 0. The molecule has 0 amide bonds. The van der Waals surface area contributed by atoms with E-state index in [-0.39, 0.29) is 29.9 Å². The van der Waals surface area contributed by atoms with Crippen LogP contribution in [-0.4, -0.2) is 21.3 Å². The van der Waals surface area contributed by atoms with E-state index in [0.29, 0.717) is 0 Å². The van der Waals surface area contributed by atoms with E-state index in [2.05, 4.69) is 0 Å². The van der Waals surface area contributed by atoms with Gasteiger partial charge in [0.1, 0.15) is 5.76 Å². The normalized spacial score (nSPS) is 18.0. The molecule has 0 fully saturated rings. The fraction of sp³-hybridized carbons (Fsp3) is 0.286. The predicted octanol–water partition coefficient (Wildman–Crippen LogP) is 1.12. The number of aliphatic hydroxyl groups is 2. The first-order valence-electron chi connectivity index (χ1n) is 3.16. The minimum Gasteiger partial charge on any atom is -0.508 e. The molecule has 1 aliphatic rings. The average Bonchev–Trinajstić information content (AvgIpc) is 1.94. The topological polar surface area (TPSA) is 77.8 Å². The second kappa shape index (κ2) is 2.65. The molecule has 0 aliphatic heterocycles. The molecule has 0 saturated heterocycles. The third-order valence-electron chi connectivity index (χ3n) is 1.51. The van der Waals surface area contributed by atoms with Gasteiger partial charge in [0.2, 0.25) is 0 Å². The van der Waals surface area contributed by atoms with Gasteiger partial charge in [-0.3, -0.25) is 0 Å². The van der Waals surface area contributed by atoms with Crippen LogP contribution in [0.2, 0.25) is 0 Å². The Bertz CT molecular complexity index is 249. The first kappa shape index (κ1) is 7.65. The Morgan fingerprint density at radius 3 is 2.45 bits per heavy atom. The van der Waals surface area contributed by atoms with Crippen LogP contribution in [0.15, 0.2) is 23.2 Å². The molecule has 0 aromatic rings. The van der Waals surface area contributed by atoms with Crippen molar-refractivity contribution in [3.05, 3.63) is 23.2 Å². The summed E-state index contributed by atoms with van der Waals surface area (Å²) in [6.07, 6.45) is 1.54. The molecule has 0 aromatic heterocycles. The predicted molar refractivity (Wildman–Crippen MR) is 37.2 cm³/mol. The molecular formula is C7H8O4. The lowest BCUT2D eigenvalue weighted by Crippen LogP contribution is -2.06. The number of aliphatic carboxylic acids is 1. The lowest BCUT2D eigenvalue weighted by Gasteiger charge is -2.08. The second-order valence-electron chi connectivity index (χ2n) is 2.31. The monoisotopic (exact) mass is 156 g/mol. The molecule has 4 heteroatoms. The minimum atomic E-state index is -1.05. The number of carbonyl (C=O) groups is 1. The zero-order chi connectivity index (χ0) is 8.43. The highest BCUT2D eigenvalue weighted by atomic mass is 16.4. The molecule has 0 atom stereocenters. The summed E-state index contributed by atoms with van der Waals surface area (Å²) in [6, 6.07) is 0.